The van der Waals surface area contributed by atoms with Gasteiger partial charge in [0.15, 0.2) is 0 Å². The van der Waals surface area contributed by atoms with Gasteiger partial charge in [0.05, 0.1) is 12.3 Å². The van der Waals surface area contributed by atoms with Crippen molar-refractivity contribution in [1.29, 1.82) is 0 Å². The lowest BCUT2D eigenvalue weighted by atomic mass is 10.2. The van der Waals surface area contributed by atoms with E-state index in [0.29, 0.717) is 16.3 Å². The summed E-state index contributed by atoms with van der Waals surface area (Å²) in [5.74, 6) is -0.709. The second-order valence-corrected chi connectivity index (χ2v) is 6.80. The average Bonchev–Trinajstić information content (AvgIpc) is 2.49. The van der Waals surface area contributed by atoms with Crippen molar-refractivity contribution in [1.82, 2.24) is 4.72 Å². The van der Waals surface area contributed by atoms with Gasteiger partial charge in [0.2, 0.25) is 15.9 Å². The van der Waals surface area contributed by atoms with E-state index < -0.39 is 15.9 Å². The number of sulfonamides is 1. The first-order valence-corrected chi connectivity index (χ1v) is 8.55. The smallest absolute Gasteiger partial charge is 0.239 e. The van der Waals surface area contributed by atoms with Crippen molar-refractivity contribution in [3.63, 3.8) is 0 Å². The SMILES string of the molecule is O=C(CNS(=O)(=O)Cc1ccccc1Cl)Nc1ccccc1. The van der Waals surface area contributed by atoms with E-state index in [1.54, 1.807) is 48.5 Å². The standard InChI is InChI=1S/C15H15ClN2O3S/c16-14-9-5-4-6-12(14)11-22(20,21)17-10-15(19)18-13-7-2-1-3-8-13/h1-9,17H,10-11H2,(H,18,19). The van der Waals surface area contributed by atoms with Crippen LogP contribution in [0.15, 0.2) is 54.6 Å². The summed E-state index contributed by atoms with van der Waals surface area (Å²) in [4.78, 5) is 11.7. The zero-order valence-electron chi connectivity index (χ0n) is 11.6. The van der Waals surface area contributed by atoms with Crippen LogP contribution >= 0.6 is 11.6 Å². The average molecular weight is 339 g/mol. The Morgan fingerprint density at radius 3 is 2.32 bits per heavy atom. The third-order valence-electron chi connectivity index (χ3n) is 2.81. The number of hydrogen-bond donors (Lipinski definition) is 2. The molecule has 0 aliphatic heterocycles. The van der Waals surface area contributed by atoms with E-state index in [1.165, 1.54) is 0 Å². The molecule has 0 saturated carbocycles. The summed E-state index contributed by atoms with van der Waals surface area (Å²) in [7, 11) is -3.64. The van der Waals surface area contributed by atoms with Gasteiger partial charge in [-0.15, -0.1) is 0 Å². The molecular formula is C15H15ClN2O3S. The lowest BCUT2D eigenvalue weighted by molar-refractivity contribution is -0.115. The molecule has 0 unspecified atom stereocenters. The first-order chi connectivity index (χ1) is 10.5. The molecule has 22 heavy (non-hydrogen) atoms. The van der Waals surface area contributed by atoms with Gasteiger partial charge in [-0.05, 0) is 23.8 Å². The summed E-state index contributed by atoms with van der Waals surface area (Å²) in [6, 6.07) is 15.5. The predicted molar refractivity (Wildman–Crippen MR) is 87.2 cm³/mol. The van der Waals surface area contributed by atoms with Crippen molar-refractivity contribution in [2.45, 2.75) is 5.75 Å². The molecule has 0 aliphatic rings. The second kappa shape index (κ2) is 7.40. The van der Waals surface area contributed by atoms with Crippen LogP contribution in [0.25, 0.3) is 0 Å². The van der Waals surface area contributed by atoms with Gasteiger partial charge < -0.3 is 5.32 Å². The van der Waals surface area contributed by atoms with Crippen molar-refractivity contribution in [3.05, 3.63) is 65.2 Å². The Morgan fingerprint density at radius 1 is 1.00 bits per heavy atom. The molecular weight excluding hydrogens is 324 g/mol. The molecule has 116 valence electrons. The van der Waals surface area contributed by atoms with Crippen LogP contribution in [-0.4, -0.2) is 20.9 Å². The van der Waals surface area contributed by atoms with Gasteiger partial charge in [-0.1, -0.05) is 48.0 Å². The Hall–Kier alpha value is -1.89. The minimum Gasteiger partial charge on any atom is -0.325 e. The molecule has 1 amide bonds. The van der Waals surface area contributed by atoms with E-state index in [-0.39, 0.29) is 12.3 Å². The van der Waals surface area contributed by atoms with Gasteiger partial charge in [-0.3, -0.25) is 4.79 Å². The molecule has 0 radical (unpaired) electrons. The van der Waals surface area contributed by atoms with Crippen LogP contribution in [0, 0.1) is 0 Å². The van der Waals surface area contributed by atoms with Crippen LogP contribution in [0.4, 0.5) is 5.69 Å². The van der Waals surface area contributed by atoms with Crippen LogP contribution in [0.3, 0.4) is 0 Å². The lowest BCUT2D eigenvalue weighted by Crippen LogP contribution is -2.33. The molecule has 5 nitrogen and oxygen atoms in total. The van der Waals surface area contributed by atoms with Gasteiger partial charge >= 0.3 is 0 Å². The lowest BCUT2D eigenvalue weighted by Gasteiger charge is -2.08. The number of benzene rings is 2. The van der Waals surface area contributed by atoms with E-state index in [9.17, 15) is 13.2 Å². The summed E-state index contributed by atoms with van der Waals surface area (Å²) in [6.07, 6.45) is 0. The highest BCUT2D eigenvalue weighted by molar-refractivity contribution is 7.88. The fourth-order valence-corrected chi connectivity index (χ4v) is 3.17. The van der Waals surface area contributed by atoms with Crippen LogP contribution < -0.4 is 10.0 Å². The number of carbonyl (C=O) groups excluding carboxylic acids is 1. The first-order valence-electron chi connectivity index (χ1n) is 6.52. The maximum absolute atomic E-state index is 12.0. The molecule has 0 aromatic heterocycles. The quantitative estimate of drug-likeness (QED) is 0.849. The monoisotopic (exact) mass is 338 g/mol. The zero-order valence-corrected chi connectivity index (χ0v) is 13.2. The van der Waals surface area contributed by atoms with Gasteiger partial charge in [-0.2, -0.15) is 0 Å². The Bertz CT molecular complexity index is 748. The number of halogens is 1. The highest BCUT2D eigenvalue weighted by Gasteiger charge is 2.15. The van der Waals surface area contributed by atoms with Gasteiger partial charge in [0.25, 0.3) is 0 Å². The van der Waals surface area contributed by atoms with Gasteiger partial charge in [0, 0.05) is 10.7 Å². The molecule has 0 heterocycles. The Kier molecular flexibility index (Phi) is 5.54. The van der Waals surface area contributed by atoms with Crippen LogP contribution in [0.1, 0.15) is 5.56 Å². The van der Waals surface area contributed by atoms with Crippen molar-refractivity contribution in [3.8, 4) is 0 Å². The van der Waals surface area contributed by atoms with Gasteiger partial charge in [0.1, 0.15) is 0 Å². The maximum Gasteiger partial charge on any atom is 0.239 e. The van der Waals surface area contributed by atoms with Gasteiger partial charge in [-0.25, -0.2) is 13.1 Å². The van der Waals surface area contributed by atoms with Crippen LogP contribution in [0.2, 0.25) is 5.02 Å². The van der Waals surface area contributed by atoms with Crippen molar-refractivity contribution in [2.24, 2.45) is 0 Å². The first kappa shape index (κ1) is 16.5. The fourth-order valence-electron chi connectivity index (χ4n) is 1.77. The zero-order chi connectivity index (χ0) is 16.0. The van der Waals surface area contributed by atoms with Crippen molar-refractivity contribution >= 4 is 33.2 Å². The van der Waals surface area contributed by atoms with E-state index in [0.717, 1.165) is 0 Å². The number of carbonyl (C=O) groups is 1. The van der Waals surface area contributed by atoms with E-state index in [2.05, 4.69) is 10.0 Å². The molecule has 2 aromatic carbocycles. The maximum atomic E-state index is 12.0. The number of rotatable bonds is 6. The van der Waals surface area contributed by atoms with Crippen molar-refractivity contribution in [2.75, 3.05) is 11.9 Å². The molecule has 2 aromatic rings. The molecule has 2 rings (SSSR count). The Morgan fingerprint density at radius 2 is 1.64 bits per heavy atom. The number of para-hydroxylation sites is 1. The largest absolute Gasteiger partial charge is 0.325 e. The fraction of sp³-hybridized carbons (Fsp3) is 0.133. The summed E-state index contributed by atoms with van der Waals surface area (Å²) in [5.41, 5.74) is 1.10. The third-order valence-corrected chi connectivity index (χ3v) is 4.46. The summed E-state index contributed by atoms with van der Waals surface area (Å²) in [5, 5.41) is 2.97. The predicted octanol–water partition coefficient (Wildman–Crippen LogP) is 2.40. The summed E-state index contributed by atoms with van der Waals surface area (Å²) in [6.45, 7) is -0.332. The molecule has 0 aliphatic carbocycles. The number of nitrogens with one attached hydrogen (secondary N) is 2. The molecule has 7 heteroatoms. The number of amides is 1. The Balaban J connectivity index is 1.90. The number of hydrogen-bond acceptors (Lipinski definition) is 3. The molecule has 0 saturated heterocycles. The Labute approximate surface area is 134 Å². The highest BCUT2D eigenvalue weighted by atomic mass is 35.5. The topological polar surface area (TPSA) is 75.3 Å². The van der Waals surface area contributed by atoms with E-state index in [4.69, 9.17) is 11.6 Å². The minimum atomic E-state index is -3.64. The van der Waals surface area contributed by atoms with Crippen LogP contribution in [-0.2, 0) is 20.6 Å². The highest BCUT2D eigenvalue weighted by Crippen LogP contribution is 2.17. The summed E-state index contributed by atoms with van der Waals surface area (Å²) < 4.78 is 26.2. The molecule has 2 N–H and O–H groups in total. The third kappa shape index (κ3) is 5.14. The van der Waals surface area contributed by atoms with E-state index in [1.807, 2.05) is 6.07 Å². The minimum absolute atomic E-state index is 0.273. The molecule has 0 bridgehead atoms. The molecule has 0 spiro atoms. The molecule has 0 fully saturated rings. The summed E-state index contributed by atoms with van der Waals surface area (Å²) >= 11 is 5.93. The molecule has 0 atom stereocenters. The van der Waals surface area contributed by atoms with Crippen molar-refractivity contribution < 1.29 is 13.2 Å². The van der Waals surface area contributed by atoms with Crippen LogP contribution in [0.5, 0.6) is 0 Å². The van der Waals surface area contributed by atoms with E-state index >= 15 is 0 Å². The normalized spacial score (nSPS) is 11.1. The second-order valence-electron chi connectivity index (χ2n) is 4.59. The number of anilines is 1.